The monoisotopic (exact) mass is 140 g/mol. The Hall–Kier alpha value is 0.526. The summed E-state index contributed by atoms with van der Waals surface area (Å²) in [4.78, 5) is 0. The van der Waals surface area contributed by atoms with Gasteiger partial charge in [-0.15, -0.1) is 0 Å². The summed E-state index contributed by atoms with van der Waals surface area (Å²) in [5.41, 5.74) is 0. The zero-order valence-electron chi connectivity index (χ0n) is 2.08. The summed E-state index contributed by atoms with van der Waals surface area (Å²) in [6, 6.07) is 0. The van der Waals surface area contributed by atoms with Gasteiger partial charge in [0, 0.05) is 16.8 Å². The van der Waals surface area contributed by atoms with Crippen LogP contribution in [-0.2, 0) is 21.3 Å². The molecule has 2 N–H and O–H groups in total. The Morgan fingerprint density at radius 1 is 1.40 bits per heavy atom. The fraction of sp³-hybridized carbons (Fsp3) is 0. The molecular formula is H2CoO3P+3. The molecule has 1 radical (unpaired) electrons. The van der Waals surface area contributed by atoms with Gasteiger partial charge >= 0.3 is 8.25 Å². The van der Waals surface area contributed by atoms with Crippen molar-refractivity contribution in [1.29, 1.82) is 0 Å². The van der Waals surface area contributed by atoms with Gasteiger partial charge in [-0.05, 0) is 0 Å². The normalized spacial score (nSPS) is 17.2. The molecule has 0 bridgehead atoms. The maximum absolute atomic E-state index is 9.37. The first-order valence-electron chi connectivity index (χ1n) is 0.783. The summed E-state index contributed by atoms with van der Waals surface area (Å²) in [7, 11) is -1.37. The van der Waals surface area contributed by atoms with Crippen LogP contribution in [0.1, 0.15) is 0 Å². The zero-order chi connectivity index (χ0) is 2.99. The largest absolute Gasteiger partial charge is 1.19 e. The van der Waals surface area contributed by atoms with Crippen molar-refractivity contribution in [1.82, 2.24) is 0 Å². The average molecular weight is 140 g/mol. The fourth-order valence-electron chi connectivity index (χ4n) is 0.0163. The van der Waals surface area contributed by atoms with Crippen molar-refractivity contribution in [3.05, 3.63) is 0 Å². The number of hydrogen-bond acceptors (Lipinski definition) is 1. The van der Waals surface area contributed by atoms with E-state index in [0.717, 1.165) is 0 Å². The molecule has 5 heteroatoms. The van der Waals surface area contributed by atoms with E-state index in [9.17, 15) is 4.57 Å². The van der Waals surface area contributed by atoms with E-state index in [1.807, 2.05) is 0 Å². The van der Waals surface area contributed by atoms with E-state index in [2.05, 4.69) is 9.35 Å². The molecule has 0 spiro atoms. The van der Waals surface area contributed by atoms with Crippen LogP contribution in [-0.4, -0.2) is 9.35 Å². The third kappa shape index (κ3) is 2.32. The quantitative estimate of drug-likeness (QED) is 0.196. The average Bonchev–Trinajstić information content (AvgIpc) is 1.75. The van der Waals surface area contributed by atoms with E-state index in [1.165, 1.54) is 0 Å². The van der Waals surface area contributed by atoms with Gasteiger partial charge in [0.2, 0.25) is 0 Å². The van der Waals surface area contributed by atoms with Crippen LogP contribution in [0, 0.1) is 0 Å². The van der Waals surface area contributed by atoms with Crippen molar-refractivity contribution in [2.75, 3.05) is 0 Å². The summed E-state index contributed by atoms with van der Waals surface area (Å²) in [6.45, 7) is 0. The van der Waals surface area contributed by atoms with E-state index >= 15 is 0 Å². The van der Waals surface area contributed by atoms with E-state index in [0.29, 0.717) is 0 Å². The Bertz CT molecular complexity index is 44.9. The number of hydrogen-bond donors (Lipinski definition) is 0. The topological polar surface area (TPSA) is 42.7 Å². The van der Waals surface area contributed by atoms with Gasteiger partial charge in [-0.1, -0.05) is 0 Å². The molecule has 0 atom stereocenters. The van der Waals surface area contributed by atoms with Gasteiger partial charge in [0.15, 0.2) is 9.35 Å². The molecular weight excluding hydrogens is 138 g/mol. The molecule has 0 aromatic carbocycles. The molecule has 1 saturated heterocycles. The predicted octanol–water partition coefficient (Wildman–Crippen LogP) is -0.374. The first kappa shape index (κ1) is 5.53. The first-order chi connectivity index (χ1) is 1.89. The summed E-state index contributed by atoms with van der Waals surface area (Å²) in [5, 5.41) is 0. The molecule has 3 nitrogen and oxygen atoms in total. The first-order valence-corrected chi connectivity index (χ1v) is 1.95. The molecule has 31 valence electrons. The van der Waals surface area contributed by atoms with Gasteiger partial charge in [-0.25, -0.2) is 0 Å². The van der Waals surface area contributed by atoms with Gasteiger partial charge in [-0.2, -0.15) is 0 Å². The van der Waals surface area contributed by atoms with Crippen LogP contribution < -0.4 is 0 Å². The molecule has 0 aromatic heterocycles. The standard InChI is InChI=1S/Co.H2O3P/c;1-4-2-3-4/h;2-3H/q;+3. The molecule has 1 fully saturated rings. The number of rotatable bonds is 0. The molecule has 1 heterocycles. The van der Waals surface area contributed by atoms with Crippen molar-refractivity contribution in [2.24, 2.45) is 0 Å². The van der Waals surface area contributed by atoms with Gasteiger partial charge < -0.3 is 0 Å². The second-order valence-electron chi connectivity index (χ2n) is 0.432. The SMILES string of the molecule is O=[P+]1[OH+][OH+]1.[Co]. The minimum Gasteiger partial charge on any atom is 0 e. The van der Waals surface area contributed by atoms with Crippen molar-refractivity contribution in [2.45, 2.75) is 0 Å². The zero-order valence-corrected chi connectivity index (χ0v) is 4.02. The van der Waals surface area contributed by atoms with Crippen LogP contribution >= 0.6 is 8.25 Å². The summed E-state index contributed by atoms with van der Waals surface area (Å²) in [6.07, 6.45) is 0. The second-order valence-corrected chi connectivity index (χ2v) is 1.29. The van der Waals surface area contributed by atoms with Gasteiger partial charge in [0.05, 0.1) is 0 Å². The molecule has 0 amide bonds. The third-order valence-corrected chi connectivity index (χ3v) is 0.487. The summed E-state index contributed by atoms with van der Waals surface area (Å²) < 4.78 is 15.4. The maximum atomic E-state index is 9.37. The maximum Gasteiger partial charge on any atom is 1.19 e. The van der Waals surface area contributed by atoms with Crippen LogP contribution in [0.15, 0.2) is 0 Å². The van der Waals surface area contributed by atoms with Gasteiger partial charge in [0.1, 0.15) is 4.57 Å². The third-order valence-electron chi connectivity index (χ3n) is 0.162. The molecule has 0 saturated carbocycles. The second kappa shape index (κ2) is 1.84. The Labute approximate surface area is 39.7 Å². The van der Waals surface area contributed by atoms with E-state index < -0.39 is 8.25 Å². The smallest absolute Gasteiger partial charge is 0 e. The van der Waals surface area contributed by atoms with Crippen molar-refractivity contribution in [3.63, 3.8) is 0 Å². The Kier molecular flexibility index (Phi) is 2.04. The Morgan fingerprint density at radius 2 is 1.60 bits per heavy atom. The molecule has 5 heavy (non-hydrogen) atoms. The van der Waals surface area contributed by atoms with Gasteiger partial charge in [-0.3, -0.25) is 0 Å². The predicted molar refractivity (Wildman–Crippen MR) is 12.0 cm³/mol. The Balaban J connectivity index is 0.000000160. The molecule has 0 aliphatic carbocycles. The van der Waals surface area contributed by atoms with E-state index in [4.69, 9.17) is 0 Å². The van der Waals surface area contributed by atoms with Crippen LogP contribution in [0.4, 0.5) is 0 Å². The summed E-state index contributed by atoms with van der Waals surface area (Å²) >= 11 is 0. The van der Waals surface area contributed by atoms with Crippen molar-refractivity contribution >= 4 is 8.25 Å². The van der Waals surface area contributed by atoms with E-state index in [-0.39, 0.29) is 16.8 Å². The van der Waals surface area contributed by atoms with Crippen LogP contribution in [0.2, 0.25) is 0 Å². The molecule has 0 unspecified atom stereocenters. The van der Waals surface area contributed by atoms with Crippen LogP contribution in [0.5, 0.6) is 0 Å². The summed E-state index contributed by atoms with van der Waals surface area (Å²) in [5.74, 6) is 0. The van der Waals surface area contributed by atoms with Gasteiger partial charge in [0.25, 0.3) is 0 Å². The minimum atomic E-state index is -1.37. The molecule has 1 rings (SSSR count). The molecule has 1 aliphatic rings. The van der Waals surface area contributed by atoms with Crippen molar-refractivity contribution < 1.29 is 30.7 Å². The van der Waals surface area contributed by atoms with Crippen LogP contribution in [0.3, 0.4) is 0 Å². The van der Waals surface area contributed by atoms with Crippen molar-refractivity contribution in [3.8, 4) is 0 Å². The fourth-order valence-corrected chi connectivity index (χ4v) is 0.147. The Morgan fingerprint density at radius 3 is 1.60 bits per heavy atom. The van der Waals surface area contributed by atoms with Crippen LogP contribution in [0.25, 0.3) is 0 Å². The van der Waals surface area contributed by atoms with E-state index in [1.54, 1.807) is 0 Å². The molecule has 1 aliphatic heterocycles. The molecule has 0 aromatic rings. The minimum absolute atomic E-state index is 0.